The minimum absolute atomic E-state index is 0.181. The van der Waals surface area contributed by atoms with Gasteiger partial charge in [0.1, 0.15) is 5.03 Å². The number of hydrogen-bond donors (Lipinski definition) is 0. The molecule has 2 rings (SSSR count). The highest BCUT2D eigenvalue weighted by Gasteiger charge is 2.26. The Morgan fingerprint density at radius 1 is 1.27 bits per heavy atom. The van der Waals surface area contributed by atoms with Gasteiger partial charge < -0.3 is 9.64 Å². The second kappa shape index (κ2) is 9.59. The van der Waals surface area contributed by atoms with E-state index in [0.717, 1.165) is 0 Å². The Morgan fingerprint density at radius 3 is 2.65 bits per heavy atom. The van der Waals surface area contributed by atoms with Crippen LogP contribution in [0.15, 0.2) is 53.7 Å². The van der Waals surface area contributed by atoms with Gasteiger partial charge in [0.15, 0.2) is 6.10 Å². The van der Waals surface area contributed by atoms with E-state index in [2.05, 4.69) is 4.98 Å². The van der Waals surface area contributed by atoms with E-state index in [1.54, 1.807) is 42.6 Å². The van der Waals surface area contributed by atoms with Crippen molar-refractivity contribution >= 4 is 29.3 Å². The van der Waals surface area contributed by atoms with Crippen molar-refractivity contribution in [3.8, 4) is 6.07 Å². The number of anilines is 1. The second-order valence-electron chi connectivity index (χ2n) is 5.34. The molecular formula is C19H19N3O3S. The third-order valence-electron chi connectivity index (χ3n) is 3.60. The molecule has 0 fully saturated rings. The smallest absolute Gasteiger partial charge is 0.341 e. The minimum Gasteiger partial charge on any atom is -0.449 e. The molecule has 7 heteroatoms. The number of hydrogen-bond acceptors (Lipinski definition) is 6. The van der Waals surface area contributed by atoms with Gasteiger partial charge in [0.05, 0.1) is 18.1 Å². The quantitative estimate of drug-likeness (QED) is 0.550. The molecule has 1 amide bonds. The van der Waals surface area contributed by atoms with Crippen molar-refractivity contribution in [2.24, 2.45) is 0 Å². The molecule has 0 aliphatic rings. The Kier molecular flexibility index (Phi) is 7.18. The van der Waals surface area contributed by atoms with Gasteiger partial charge in [0, 0.05) is 18.4 Å². The second-order valence-corrected chi connectivity index (χ2v) is 6.14. The number of esters is 1. The predicted molar refractivity (Wildman–Crippen MR) is 99.9 cm³/mol. The van der Waals surface area contributed by atoms with Crippen LogP contribution < -0.4 is 4.90 Å². The molecule has 134 valence electrons. The summed E-state index contributed by atoms with van der Waals surface area (Å²) in [6.45, 7) is 1.75. The van der Waals surface area contributed by atoms with Crippen molar-refractivity contribution in [3.05, 3.63) is 54.2 Å². The van der Waals surface area contributed by atoms with Gasteiger partial charge in [-0.3, -0.25) is 4.79 Å². The van der Waals surface area contributed by atoms with Gasteiger partial charge in [-0.25, -0.2) is 9.78 Å². The van der Waals surface area contributed by atoms with E-state index in [4.69, 9.17) is 10.00 Å². The van der Waals surface area contributed by atoms with Crippen molar-refractivity contribution in [2.75, 3.05) is 17.7 Å². The minimum atomic E-state index is -0.990. The van der Waals surface area contributed by atoms with Crippen LogP contribution in [0, 0.1) is 11.3 Å². The fraction of sp³-hybridized carbons (Fsp3) is 0.263. The Morgan fingerprint density at radius 2 is 2.00 bits per heavy atom. The molecule has 0 aliphatic heterocycles. The molecule has 1 atom stereocenters. The van der Waals surface area contributed by atoms with Gasteiger partial charge in [0.25, 0.3) is 5.91 Å². The number of aromatic nitrogens is 1. The van der Waals surface area contributed by atoms with E-state index < -0.39 is 12.1 Å². The topological polar surface area (TPSA) is 83.3 Å². The Labute approximate surface area is 156 Å². The van der Waals surface area contributed by atoms with Gasteiger partial charge in [-0.2, -0.15) is 5.26 Å². The zero-order chi connectivity index (χ0) is 18.9. The number of carbonyl (C=O) groups excluding carboxylic acids is 2. The Balaban J connectivity index is 2.15. The number of nitrogens with zero attached hydrogens (tertiary/aromatic N) is 3. The van der Waals surface area contributed by atoms with Gasteiger partial charge in [-0.15, -0.1) is 11.8 Å². The maximum absolute atomic E-state index is 12.8. The zero-order valence-electron chi connectivity index (χ0n) is 14.6. The highest BCUT2D eigenvalue weighted by Crippen LogP contribution is 2.20. The van der Waals surface area contributed by atoms with Crippen LogP contribution in [0.2, 0.25) is 0 Å². The summed E-state index contributed by atoms with van der Waals surface area (Å²) < 4.78 is 5.36. The fourth-order valence-corrected chi connectivity index (χ4v) is 2.88. The lowest BCUT2D eigenvalue weighted by Crippen LogP contribution is -2.40. The van der Waals surface area contributed by atoms with Crippen LogP contribution in [0.4, 0.5) is 5.69 Å². The summed E-state index contributed by atoms with van der Waals surface area (Å²) in [6, 6.07) is 14.3. The van der Waals surface area contributed by atoms with Crippen molar-refractivity contribution in [1.29, 1.82) is 5.26 Å². The van der Waals surface area contributed by atoms with Crippen molar-refractivity contribution in [2.45, 2.75) is 24.5 Å². The molecule has 1 aromatic heterocycles. The molecule has 0 saturated carbocycles. The van der Waals surface area contributed by atoms with Gasteiger partial charge in [0.2, 0.25) is 0 Å². The third kappa shape index (κ3) is 4.83. The van der Waals surface area contributed by atoms with Gasteiger partial charge >= 0.3 is 5.97 Å². The molecule has 1 aromatic carbocycles. The van der Waals surface area contributed by atoms with E-state index in [1.807, 2.05) is 18.4 Å². The summed E-state index contributed by atoms with van der Waals surface area (Å²) >= 11 is 1.33. The number of rotatable bonds is 7. The van der Waals surface area contributed by atoms with Gasteiger partial charge in [-0.1, -0.05) is 18.2 Å². The third-order valence-corrected chi connectivity index (χ3v) is 4.31. The highest BCUT2D eigenvalue weighted by atomic mass is 32.2. The predicted octanol–water partition coefficient (Wildman–Crippen LogP) is 3.30. The van der Waals surface area contributed by atoms with E-state index in [1.165, 1.54) is 23.6 Å². The van der Waals surface area contributed by atoms with Crippen molar-refractivity contribution < 1.29 is 14.3 Å². The standard InChI is InChI=1S/C19H19N3O3S/c1-14(25-19(24)16-10-6-12-21-17(16)26-2)18(23)22(13-7-11-20)15-8-4-3-5-9-15/h3-6,8-10,12,14H,7,13H2,1-2H3/t14-/m0/s1. The maximum atomic E-state index is 12.8. The lowest BCUT2D eigenvalue weighted by molar-refractivity contribution is -0.126. The number of nitriles is 1. The van der Waals surface area contributed by atoms with Crippen LogP contribution in [0.1, 0.15) is 23.7 Å². The maximum Gasteiger partial charge on any atom is 0.341 e. The highest BCUT2D eigenvalue weighted by molar-refractivity contribution is 7.98. The van der Waals surface area contributed by atoms with Crippen LogP contribution in [0.3, 0.4) is 0 Å². The first kappa shape index (κ1) is 19.5. The Bertz CT molecular complexity index is 805. The first-order valence-electron chi connectivity index (χ1n) is 8.01. The number of benzene rings is 1. The van der Waals surface area contributed by atoms with Crippen LogP contribution in [0.25, 0.3) is 0 Å². The molecule has 0 radical (unpaired) electrons. The number of pyridine rings is 1. The normalized spacial score (nSPS) is 11.3. The summed E-state index contributed by atoms with van der Waals surface area (Å²) in [5, 5.41) is 9.39. The van der Waals surface area contributed by atoms with Crippen LogP contribution in [-0.2, 0) is 9.53 Å². The molecule has 1 heterocycles. The first-order valence-corrected chi connectivity index (χ1v) is 9.24. The molecule has 0 unspecified atom stereocenters. The molecule has 0 N–H and O–H groups in total. The van der Waals surface area contributed by atoms with Crippen LogP contribution in [0.5, 0.6) is 0 Å². The summed E-state index contributed by atoms with van der Waals surface area (Å²) in [4.78, 5) is 30.8. The Hall–Kier alpha value is -2.85. The SMILES string of the molecule is CSc1ncccc1C(=O)O[C@@H](C)C(=O)N(CCC#N)c1ccccc1. The van der Waals surface area contributed by atoms with Crippen molar-refractivity contribution in [1.82, 2.24) is 4.98 Å². The summed E-state index contributed by atoms with van der Waals surface area (Å²) in [5.41, 5.74) is 0.977. The average Bonchev–Trinajstić information content (AvgIpc) is 2.68. The monoisotopic (exact) mass is 369 g/mol. The molecule has 0 aliphatic carbocycles. The van der Waals surface area contributed by atoms with E-state index in [0.29, 0.717) is 16.3 Å². The lowest BCUT2D eigenvalue weighted by atomic mass is 10.2. The van der Waals surface area contributed by atoms with E-state index in [-0.39, 0.29) is 18.9 Å². The molecule has 0 saturated heterocycles. The number of amides is 1. The number of para-hydroxylation sites is 1. The number of thioether (sulfide) groups is 1. The largest absolute Gasteiger partial charge is 0.449 e. The lowest BCUT2D eigenvalue weighted by Gasteiger charge is -2.25. The zero-order valence-corrected chi connectivity index (χ0v) is 15.4. The van der Waals surface area contributed by atoms with Crippen LogP contribution >= 0.6 is 11.8 Å². The number of ether oxygens (including phenoxy) is 1. The molecule has 0 bridgehead atoms. The average molecular weight is 369 g/mol. The summed E-state index contributed by atoms with van der Waals surface area (Å²) in [6.07, 6.45) is 2.60. The molecule has 0 spiro atoms. The summed E-state index contributed by atoms with van der Waals surface area (Å²) in [5.74, 6) is -0.981. The van der Waals surface area contributed by atoms with Gasteiger partial charge in [-0.05, 0) is 37.4 Å². The molecule has 26 heavy (non-hydrogen) atoms. The van der Waals surface area contributed by atoms with E-state index in [9.17, 15) is 9.59 Å². The molecular weight excluding hydrogens is 350 g/mol. The summed E-state index contributed by atoms with van der Waals surface area (Å²) in [7, 11) is 0. The first-order chi connectivity index (χ1) is 12.6. The number of carbonyl (C=O) groups is 2. The van der Waals surface area contributed by atoms with Crippen molar-refractivity contribution in [3.63, 3.8) is 0 Å². The van der Waals surface area contributed by atoms with Crippen LogP contribution in [-0.4, -0.2) is 35.8 Å². The molecule has 2 aromatic rings. The molecule has 6 nitrogen and oxygen atoms in total. The fourth-order valence-electron chi connectivity index (χ4n) is 2.34. The van der Waals surface area contributed by atoms with E-state index >= 15 is 0 Å².